The first-order valence-corrected chi connectivity index (χ1v) is 6.97. The lowest BCUT2D eigenvalue weighted by Crippen LogP contribution is -2.29. The van der Waals surface area contributed by atoms with Gasteiger partial charge in [0.2, 0.25) is 5.91 Å². The Balaban J connectivity index is 2.86. The lowest BCUT2D eigenvalue weighted by atomic mass is 10.2. The number of amides is 1. The van der Waals surface area contributed by atoms with E-state index >= 15 is 0 Å². The van der Waals surface area contributed by atoms with Gasteiger partial charge in [-0.3, -0.25) is 4.79 Å². The van der Waals surface area contributed by atoms with E-state index in [1.807, 2.05) is 0 Å². The van der Waals surface area contributed by atoms with E-state index in [1.165, 1.54) is 25.1 Å². The zero-order valence-corrected chi connectivity index (χ0v) is 11.0. The second-order valence-corrected chi connectivity index (χ2v) is 6.28. The molecule has 2 N–H and O–H groups in total. The monoisotopic (exact) mass is 274 g/mol. The summed E-state index contributed by atoms with van der Waals surface area (Å²) in [4.78, 5) is 12.5. The van der Waals surface area contributed by atoms with Gasteiger partial charge in [0.05, 0.1) is 5.75 Å². The van der Waals surface area contributed by atoms with Gasteiger partial charge in [-0.05, 0) is 23.8 Å². The summed E-state index contributed by atoms with van der Waals surface area (Å²) < 4.78 is 36.5. The van der Waals surface area contributed by atoms with Crippen LogP contribution in [0.3, 0.4) is 0 Å². The van der Waals surface area contributed by atoms with Crippen molar-refractivity contribution in [3.63, 3.8) is 0 Å². The molecule has 0 bridgehead atoms. The molecule has 5 nitrogen and oxygen atoms in total. The maximum absolute atomic E-state index is 13.0. The Labute approximate surface area is 105 Å². The topological polar surface area (TPSA) is 80.5 Å². The fourth-order valence-corrected chi connectivity index (χ4v) is 2.79. The molecule has 7 heteroatoms. The summed E-state index contributed by atoms with van der Waals surface area (Å²) in [6.45, 7) is 0. The van der Waals surface area contributed by atoms with Crippen LogP contribution in [0.1, 0.15) is 5.56 Å². The molecule has 18 heavy (non-hydrogen) atoms. The first kappa shape index (κ1) is 14.4. The van der Waals surface area contributed by atoms with Crippen LogP contribution >= 0.6 is 0 Å². The average molecular weight is 274 g/mol. The molecule has 0 spiro atoms. The molecule has 1 aromatic rings. The summed E-state index contributed by atoms with van der Waals surface area (Å²) in [5, 5.41) is 0. The van der Waals surface area contributed by atoms with Gasteiger partial charge in [0, 0.05) is 19.8 Å². The maximum Gasteiger partial charge on any atom is 0.237 e. The highest BCUT2D eigenvalue weighted by atomic mass is 32.2. The van der Waals surface area contributed by atoms with E-state index in [9.17, 15) is 17.6 Å². The smallest absolute Gasteiger partial charge is 0.237 e. The van der Waals surface area contributed by atoms with Gasteiger partial charge in [0.25, 0.3) is 0 Å². The Bertz CT molecular complexity index is 535. The van der Waals surface area contributed by atoms with Crippen LogP contribution in [0.5, 0.6) is 0 Å². The molecule has 1 amide bonds. The van der Waals surface area contributed by atoms with Crippen LogP contribution in [0, 0.1) is 5.82 Å². The van der Waals surface area contributed by atoms with Crippen LogP contribution in [0.25, 0.3) is 0 Å². The summed E-state index contributed by atoms with van der Waals surface area (Å²) in [6.07, 6.45) is 0. The fraction of sp³-hybridized carbons (Fsp3) is 0.364. The molecular formula is C11H15FN2O3S. The molecule has 0 heterocycles. The Kier molecular flexibility index (Phi) is 4.28. The molecule has 1 rings (SSSR count). The van der Waals surface area contributed by atoms with Gasteiger partial charge in [-0.2, -0.15) is 0 Å². The summed E-state index contributed by atoms with van der Waals surface area (Å²) >= 11 is 0. The number of sulfone groups is 1. The number of carbonyl (C=O) groups is 1. The van der Waals surface area contributed by atoms with Crippen molar-refractivity contribution >= 4 is 21.4 Å². The Morgan fingerprint density at radius 3 is 2.44 bits per heavy atom. The molecule has 0 fully saturated rings. The average Bonchev–Trinajstić information content (AvgIpc) is 2.13. The fourth-order valence-electron chi connectivity index (χ4n) is 1.38. The van der Waals surface area contributed by atoms with Crippen molar-refractivity contribution in [2.45, 2.75) is 5.75 Å². The highest BCUT2D eigenvalue weighted by Gasteiger charge is 2.19. The van der Waals surface area contributed by atoms with Crippen LogP contribution in [0.2, 0.25) is 0 Å². The predicted octanol–water partition coefficient (Wildman–Crippen LogP) is 0.411. The zero-order valence-electron chi connectivity index (χ0n) is 10.2. The van der Waals surface area contributed by atoms with E-state index in [-0.39, 0.29) is 11.3 Å². The number of anilines is 1. The van der Waals surface area contributed by atoms with E-state index in [1.54, 1.807) is 0 Å². The van der Waals surface area contributed by atoms with Crippen LogP contribution in [0.15, 0.2) is 18.2 Å². The highest BCUT2D eigenvalue weighted by Crippen LogP contribution is 2.14. The second kappa shape index (κ2) is 5.34. The van der Waals surface area contributed by atoms with Gasteiger partial charge in [-0.1, -0.05) is 0 Å². The second-order valence-electron chi connectivity index (χ2n) is 4.21. The van der Waals surface area contributed by atoms with Crippen LogP contribution in [-0.4, -0.2) is 39.1 Å². The molecule has 0 aliphatic rings. The molecule has 0 radical (unpaired) electrons. The normalized spacial score (nSPS) is 11.3. The van der Waals surface area contributed by atoms with Crippen LogP contribution in [0.4, 0.5) is 10.1 Å². The maximum atomic E-state index is 13.0. The highest BCUT2D eigenvalue weighted by molar-refractivity contribution is 7.91. The quantitative estimate of drug-likeness (QED) is 0.806. The van der Waals surface area contributed by atoms with E-state index in [2.05, 4.69) is 0 Å². The minimum Gasteiger partial charge on any atom is -0.399 e. The number of benzene rings is 1. The van der Waals surface area contributed by atoms with Gasteiger partial charge in [-0.15, -0.1) is 0 Å². The number of nitrogen functional groups attached to an aromatic ring is 1. The van der Waals surface area contributed by atoms with Gasteiger partial charge in [0.15, 0.2) is 9.84 Å². The minimum absolute atomic E-state index is 0.152. The Morgan fingerprint density at radius 2 is 1.94 bits per heavy atom. The standard InChI is InChI=1S/C11H15FN2O3S/c1-14(2)11(15)7-18(16,17)6-8-3-9(12)5-10(13)4-8/h3-5H,6-7,13H2,1-2H3. The predicted molar refractivity (Wildman–Crippen MR) is 67.0 cm³/mol. The number of carbonyl (C=O) groups excluding carboxylic acids is 1. The first-order valence-electron chi connectivity index (χ1n) is 5.15. The molecule has 0 aliphatic carbocycles. The van der Waals surface area contributed by atoms with Gasteiger partial charge in [0.1, 0.15) is 11.6 Å². The SMILES string of the molecule is CN(C)C(=O)CS(=O)(=O)Cc1cc(N)cc(F)c1. The number of nitrogens with zero attached hydrogens (tertiary/aromatic N) is 1. The van der Waals surface area contributed by atoms with E-state index < -0.39 is 33.1 Å². The third-order valence-electron chi connectivity index (χ3n) is 2.21. The van der Waals surface area contributed by atoms with Crippen LogP contribution < -0.4 is 5.73 Å². The lowest BCUT2D eigenvalue weighted by molar-refractivity contribution is -0.125. The molecule has 0 atom stereocenters. The molecule has 1 aromatic carbocycles. The summed E-state index contributed by atoms with van der Waals surface area (Å²) in [5.74, 6) is -2.12. The largest absolute Gasteiger partial charge is 0.399 e. The molecule has 0 unspecified atom stereocenters. The van der Waals surface area contributed by atoms with Crippen molar-refractivity contribution in [1.29, 1.82) is 0 Å². The molecule has 0 saturated heterocycles. The van der Waals surface area contributed by atoms with Gasteiger partial charge >= 0.3 is 0 Å². The van der Waals surface area contributed by atoms with Crippen molar-refractivity contribution in [3.05, 3.63) is 29.6 Å². The van der Waals surface area contributed by atoms with Crippen molar-refractivity contribution in [1.82, 2.24) is 4.90 Å². The molecule has 100 valence electrons. The summed E-state index contributed by atoms with van der Waals surface area (Å²) in [7, 11) is -0.685. The van der Waals surface area contributed by atoms with Gasteiger partial charge in [-0.25, -0.2) is 12.8 Å². The van der Waals surface area contributed by atoms with E-state index in [0.29, 0.717) is 0 Å². The van der Waals surface area contributed by atoms with E-state index in [4.69, 9.17) is 5.73 Å². The molecular weight excluding hydrogens is 259 g/mol. The minimum atomic E-state index is -3.63. The Hall–Kier alpha value is -1.63. The summed E-state index contributed by atoms with van der Waals surface area (Å²) in [6, 6.07) is 3.57. The molecule has 0 aromatic heterocycles. The number of hydrogen-bond donors (Lipinski definition) is 1. The number of rotatable bonds is 4. The Morgan fingerprint density at radius 1 is 1.33 bits per heavy atom. The number of nitrogens with two attached hydrogens (primary N) is 1. The zero-order chi connectivity index (χ0) is 13.9. The number of hydrogen-bond acceptors (Lipinski definition) is 4. The van der Waals surface area contributed by atoms with Crippen LogP contribution in [-0.2, 0) is 20.4 Å². The van der Waals surface area contributed by atoms with E-state index in [0.717, 1.165) is 12.1 Å². The number of halogens is 1. The van der Waals surface area contributed by atoms with Crippen molar-refractivity contribution in [2.24, 2.45) is 0 Å². The molecule has 0 aliphatic heterocycles. The van der Waals surface area contributed by atoms with Crippen molar-refractivity contribution in [2.75, 3.05) is 25.6 Å². The summed E-state index contributed by atoms with van der Waals surface area (Å²) in [5.41, 5.74) is 5.80. The van der Waals surface area contributed by atoms with Crippen molar-refractivity contribution < 1.29 is 17.6 Å². The van der Waals surface area contributed by atoms with Crippen molar-refractivity contribution in [3.8, 4) is 0 Å². The van der Waals surface area contributed by atoms with Gasteiger partial charge < -0.3 is 10.6 Å². The first-order chi connectivity index (χ1) is 8.19. The molecule has 0 saturated carbocycles. The third kappa shape index (κ3) is 4.33. The lowest BCUT2D eigenvalue weighted by Gasteiger charge is -2.10. The third-order valence-corrected chi connectivity index (χ3v) is 3.67.